The lowest BCUT2D eigenvalue weighted by molar-refractivity contribution is 0.0259. The zero-order valence-electron chi connectivity index (χ0n) is 12.2. The second kappa shape index (κ2) is 6.60. The Morgan fingerprint density at radius 1 is 1.26 bits per heavy atom. The maximum Gasteiger partial charge on any atom is 0.317 e. The maximum atomic E-state index is 12.1. The number of aliphatic hydroxyl groups is 1. The summed E-state index contributed by atoms with van der Waals surface area (Å²) in [5.41, 5.74) is -0.673. The molecule has 1 heterocycles. The van der Waals surface area contributed by atoms with Crippen LogP contribution in [0.3, 0.4) is 0 Å². The average Bonchev–Trinajstić information content (AvgIpc) is 2.61. The van der Waals surface area contributed by atoms with Gasteiger partial charge in [0.1, 0.15) is 0 Å². The summed E-state index contributed by atoms with van der Waals surface area (Å²) in [5.74, 6) is 0.598. The Morgan fingerprint density at radius 3 is 2.58 bits per heavy atom. The Balaban J connectivity index is 1.78. The third-order valence-electron chi connectivity index (χ3n) is 4.55. The first-order valence-corrected chi connectivity index (χ1v) is 7.84. The van der Waals surface area contributed by atoms with Crippen LogP contribution in [0.4, 0.5) is 4.79 Å². The molecule has 0 bridgehead atoms. The molecule has 0 radical (unpaired) electrons. The van der Waals surface area contributed by atoms with E-state index in [-0.39, 0.29) is 6.03 Å². The highest BCUT2D eigenvalue weighted by molar-refractivity contribution is 5.74. The number of piperidine rings is 1. The molecule has 2 amide bonds. The van der Waals surface area contributed by atoms with E-state index in [2.05, 4.69) is 12.2 Å². The summed E-state index contributed by atoms with van der Waals surface area (Å²) in [4.78, 5) is 14.0. The minimum absolute atomic E-state index is 0.00391. The largest absolute Gasteiger partial charge is 0.388 e. The van der Waals surface area contributed by atoms with E-state index in [9.17, 15) is 9.90 Å². The molecule has 2 rings (SSSR count). The highest BCUT2D eigenvalue weighted by Crippen LogP contribution is 2.26. The molecule has 1 unspecified atom stereocenters. The Kier molecular flexibility index (Phi) is 5.08. The van der Waals surface area contributed by atoms with Crippen LogP contribution in [0, 0.1) is 5.92 Å². The molecule has 4 nitrogen and oxygen atoms in total. The molecular formula is C15H28N2O2. The van der Waals surface area contributed by atoms with Gasteiger partial charge < -0.3 is 15.3 Å². The first kappa shape index (κ1) is 14.6. The predicted octanol–water partition coefficient (Wildman–Crippen LogP) is 2.51. The van der Waals surface area contributed by atoms with Crippen LogP contribution in [-0.4, -0.2) is 41.3 Å². The molecule has 2 fully saturated rings. The summed E-state index contributed by atoms with van der Waals surface area (Å²) in [6.45, 7) is 4.31. The van der Waals surface area contributed by atoms with Crippen molar-refractivity contribution in [3.63, 3.8) is 0 Å². The standard InChI is InChI=1S/C15H28N2O2/c1-13-7-6-10-17(11-13)14(18)16-12-15(19)8-4-2-3-5-9-15/h13,19H,2-12H2,1H3,(H,16,18). The first-order chi connectivity index (χ1) is 9.09. The predicted molar refractivity (Wildman–Crippen MR) is 76.0 cm³/mol. The molecule has 0 aromatic carbocycles. The average molecular weight is 268 g/mol. The zero-order chi connectivity index (χ0) is 13.7. The van der Waals surface area contributed by atoms with E-state index in [4.69, 9.17) is 0 Å². The van der Waals surface area contributed by atoms with Gasteiger partial charge in [-0.1, -0.05) is 32.6 Å². The summed E-state index contributed by atoms with van der Waals surface area (Å²) < 4.78 is 0. The number of amides is 2. The van der Waals surface area contributed by atoms with Crippen LogP contribution in [0.2, 0.25) is 0 Å². The lowest BCUT2D eigenvalue weighted by Gasteiger charge is -2.33. The Bertz CT molecular complexity index is 299. The molecule has 0 spiro atoms. The number of rotatable bonds is 2. The Labute approximate surface area is 116 Å². The fourth-order valence-electron chi connectivity index (χ4n) is 3.29. The third kappa shape index (κ3) is 4.37. The molecule has 0 aromatic rings. The highest BCUT2D eigenvalue weighted by Gasteiger charge is 2.29. The number of nitrogens with zero attached hydrogens (tertiary/aromatic N) is 1. The van der Waals surface area contributed by atoms with Crippen molar-refractivity contribution in [3.8, 4) is 0 Å². The molecule has 4 heteroatoms. The molecule has 19 heavy (non-hydrogen) atoms. The van der Waals surface area contributed by atoms with Gasteiger partial charge in [0.05, 0.1) is 5.60 Å². The van der Waals surface area contributed by atoms with E-state index in [0.717, 1.165) is 45.2 Å². The first-order valence-electron chi connectivity index (χ1n) is 7.84. The molecule has 1 atom stereocenters. The number of hydrogen-bond donors (Lipinski definition) is 2. The molecule has 1 aliphatic carbocycles. The van der Waals surface area contributed by atoms with Crippen molar-refractivity contribution >= 4 is 6.03 Å². The SMILES string of the molecule is CC1CCCN(C(=O)NCC2(O)CCCCCC2)C1. The Hall–Kier alpha value is -0.770. The summed E-state index contributed by atoms with van der Waals surface area (Å²) in [6, 6.07) is 0.00391. The number of urea groups is 1. The molecule has 2 aliphatic rings. The highest BCUT2D eigenvalue weighted by atomic mass is 16.3. The number of carbonyl (C=O) groups is 1. The zero-order valence-corrected chi connectivity index (χ0v) is 12.2. The van der Waals surface area contributed by atoms with Gasteiger partial charge >= 0.3 is 6.03 Å². The Morgan fingerprint density at radius 2 is 1.95 bits per heavy atom. The molecular weight excluding hydrogens is 240 g/mol. The van der Waals surface area contributed by atoms with Crippen LogP contribution in [0.25, 0.3) is 0 Å². The van der Waals surface area contributed by atoms with Crippen molar-refractivity contribution in [2.75, 3.05) is 19.6 Å². The minimum atomic E-state index is -0.673. The summed E-state index contributed by atoms with van der Waals surface area (Å²) in [6.07, 6.45) is 8.53. The van der Waals surface area contributed by atoms with Crippen molar-refractivity contribution in [1.82, 2.24) is 10.2 Å². The van der Waals surface area contributed by atoms with Gasteiger partial charge in [-0.05, 0) is 31.6 Å². The van der Waals surface area contributed by atoms with Crippen LogP contribution < -0.4 is 5.32 Å². The lowest BCUT2D eigenvalue weighted by atomic mass is 9.94. The fourth-order valence-corrected chi connectivity index (χ4v) is 3.29. The van der Waals surface area contributed by atoms with Gasteiger partial charge in [0.2, 0.25) is 0 Å². The number of nitrogens with one attached hydrogen (secondary N) is 1. The second-order valence-electron chi connectivity index (χ2n) is 6.49. The van der Waals surface area contributed by atoms with Crippen molar-refractivity contribution in [1.29, 1.82) is 0 Å². The van der Waals surface area contributed by atoms with Gasteiger partial charge in [-0.25, -0.2) is 4.79 Å². The van der Waals surface area contributed by atoms with Crippen molar-refractivity contribution < 1.29 is 9.90 Å². The van der Waals surface area contributed by atoms with Crippen molar-refractivity contribution in [2.24, 2.45) is 5.92 Å². The van der Waals surface area contributed by atoms with Gasteiger partial charge in [-0.15, -0.1) is 0 Å². The van der Waals surface area contributed by atoms with Crippen molar-refractivity contribution in [3.05, 3.63) is 0 Å². The molecule has 0 aromatic heterocycles. The quantitative estimate of drug-likeness (QED) is 0.756. The van der Waals surface area contributed by atoms with E-state index in [1.807, 2.05) is 4.90 Å². The van der Waals surface area contributed by atoms with Gasteiger partial charge in [0.25, 0.3) is 0 Å². The summed E-state index contributed by atoms with van der Waals surface area (Å²) in [5, 5.41) is 13.5. The van der Waals surface area contributed by atoms with Crippen LogP contribution >= 0.6 is 0 Å². The number of likely N-dealkylation sites (tertiary alicyclic amines) is 1. The fraction of sp³-hybridized carbons (Fsp3) is 0.933. The normalized spacial score (nSPS) is 27.7. The van der Waals surface area contributed by atoms with E-state index in [0.29, 0.717) is 12.5 Å². The molecule has 1 saturated heterocycles. The van der Waals surface area contributed by atoms with Crippen LogP contribution in [-0.2, 0) is 0 Å². The monoisotopic (exact) mass is 268 g/mol. The van der Waals surface area contributed by atoms with Crippen LogP contribution in [0.1, 0.15) is 58.3 Å². The number of carbonyl (C=O) groups excluding carboxylic acids is 1. The third-order valence-corrected chi connectivity index (χ3v) is 4.55. The van der Waals surface area contributed by atoms with E-state index in [1.165, 1.54) is 19.3 Å². The van der Waals surface area contributed by atoms with Gasteiger partial charge in [0.15, 0.2) is 0 Å². The van der Waals surface area contributed by atoms with E-state index >= 15 is 0 Å². The topological polar surface area (TPSA) is 52.6 Å². The van der Waals surface area contributed by atoms with Crippen LogP contribution in [0.5, 0.6) is 0 Å². The van der Waals surface area contributed by atoms with Gasteiger partial charge in [-0.2, -0.15) is 0 Å². The minimum Gasteiger partial charge on any atom is -0.388 e. The van der Waals surface area contributed by atoms with Crippen molar-refractivity contribution in [2.45, 2.75) is 63.9 Å². The molecule has 2 N–H and O–H groups in total. The summed E-state index contributed by atoms with van der Waals surface area (Å²) in [7, 11) is 0. The molecule has 110 valence electrons. The maximum absolute atomic E-state index is 12.1. The lowest BCUT2D eigenvalue weighted by Crippen LogP contribution is -2.50. The molecule has 1 aliphatic heterocycles. The second-order valence-corrected chi connectivity index (χ2v) is 6.49. The smallest absolute Gasteiger partial charge is 0.317 e. The van der Waals surface area contributed by atoms with Gasteiger partial charge in [0, 0.05) is 19.6 Å². The molecule has 1 saturated carbocycles. The van der Waals surface area contributed by atoms with E-state index in [1.54, 1.807) is 0 Å². The van der Waals surface area contributed by atoms with Crippen LogP contribution in [0.15, 0.2) is 0 Å². The van der Waals surface area contributed by atoms with E-state index < -0.39 is 5.60 Å². The summed E-state index contributed by atoms with van der Waals surface area (Å²) >= 11 is 0. The van der Waals surface area contributed by atoms with Gasteiger partial charge in [-0.3, -0.25) is 0 Å². The number of hydrogen-bond acceptors (Lipinski definition) is 2.